The van der Waals surface area contributed by atoms with Crippen LogP contribution >= 0.6 is 0 Å². The molecule has 176 valence electrons. The summed E-state index contributed by atoms with van der Waals surface area (Å²) in [5.41, 5.74) is 4.25. The first-order chi connectivity index (χ1) is 15.9. The first-order valence-electron chi connectivity index (χ1n) is 11.5. The Balaban J connectivity index is 1.51. The molecule has 0 atom stereocenters. The van der Waals surface area contributed by atoms with Gasteiger partial charge in [0.05, 0.1) is 12.3 Å². The van der Waals surface area contributed by atoms with Crippen LogP contribution in [0.3, 0.4) is 0 Å². The maximum Gasteiger partial charge on any atom is 0.220 e. The van der Waals surface area contributed by atoms with Crippen LogP contribution in [-0.4, -0.2) is 27.3 Å². The van der Waals surface area contributed by atoms with Crippen LogP contribution in [-0.2, 0) is 24.3 Å². The summed E-state index contributed by atoms with van der Waals surface area (Å²) in [4.78, 5) is 16.7. The molecule has 0 saturated heterocycles. The van der Waals surface area contributed by atoms with Crippen LogP contribution in [0.5, 0.6) is 17.4 Å². The van der Waals surface area contributed by atoms with Crippen LogP contribution in [0.1, 0.15) is 49.7 Å². The number of aromatic nitrogens is 3. The molecule has 7 heteroatoms. The number of carbonyl (C=O) groups excluding carboxylic acids is 1. The molecule has 3 rings (SSSR count). The van der Waals surface area contributed by atoms with Gasteiger partial charge in [-0.25, -0.2) is 4.98 Å². The Kier molecular flexibility index (Phi) is 8.46. The minimum absolute atomic E-state index is 0.0104. The molecule has 1 N–H and O–H groups in total. The van der Waals surface area contributed by atoms with E-state index in [9.17, 15) is 4.79 Å². The number of benzene rings is 1. The number of carbonyl (C=O) groups is 1. The number of hydrogen-bond acceptors (Lipinski definition) is 5. The lowest BCUT2D eigenvalue weighted by atomic mass is 10.1. The maximum atomic E-state index is 12.5. The van der Waals surface area contributed by atoms with Crippen LogP contribution in [0.4, 0.5) is 0 Å². The zero-order chi connectivity index (χ0) is 23.8. The zero-order valence-corrected chi connectivity index (χ0v) is 20.2. The van der Waals surface area contributed by atoms with E-state index < -0.39 is 0 Å². The van der Waals surface area contributed by atoms with E-state index in [1.54, 1.807) is 6.20 Å². The Labute approximate surface area is 196 Å². The summed E-state index contributed by atoms with van der Waals surface area (Å²) in [6, 6.07) is 11.1. The third-order valence-electron chi connectivity index (χ3n) is 5.32. The van der Waals surface area contributed by atoms with Gasteiger partial charge in [0, 0.05) is 37.5 Å². The number of ether oxygens (including phenoxy) is 2. The molecule has 0 saturated carbocycles. The van der Waals surface area contributed by atoms with Gasteiger partial charge >= 0.3 is 0 Å². The molecule has 0 bridgehead atoms. The highest BCUT2D eigenvalue weighted by molar-refractivity contribution is 5.76. The van der Waals surface area contributed by atoms with Gasteiger partial charge in [-0.15, -0.1) is 0 Å². The van der Waals surface area contributed by atoms with Crippen molar-refractivity contribution in [1.29, 1.82) is 0 Å². The maximum absolute atomic E-state index is 12.5. The van der Waals surface area contributed by atoms with E-state index >= 15 is 0 Å². The van der Waals surface area contributed by atoms with Crippen LogP contribution in [0.15, 0.2) is 42.6 Å². The van der Waals surface area contributed by atoms with E-state index in [4.69, 9.17) is 9.47 Å². The molecule has 0 fully saturated rings. The summed E-state index contributed by atoms with van der Waals surface area (Å²) >= 11 is 0. The number of hydrogen-bond donors (Lipinski definition) is 1. The van der Waals surface area contributed by atoms with Gasteiger partial charge in [0.2, 0.25) is 11.8 Å². The van der Waals surface area contributed by atoms with Crippen LogP contribution in [0.2, 0.25) is 0 Å². The summed E-state index contributed by atoms with van der Waals surface area (Å²) < 4.78 is 13.3. The molecule has 2 aromatic heterocycles. The van der Waals surface area contributed by atoms with E-state index in [0.717, 1.165) is 29.2 Å². The minimum Gasteiger partial charge on any atom is -0.494 e. The van der Waals surface area contributed by atoms with E-state index in [-0.39, 0.29) is 5.91 Å². The highest BCUT2D eigenvalue weighted by atomic mass is 16.5. The number of aryl methyl sites for hydroxylation is 1. The fourth-order valence-corrected chi connectivity index (χ4v) is 3.65. The smallest absolute Gasteiger partial charge is 0.220 e. The number of nitrogens with one attached hydrogen (secondary N) is 1. The van der Waals surface area contributed by atoms with Crippen LogP contribution < -0.4 is 14.8 Å². The lowest BCUT2D eigenvalue weighted by Gasteiger charge is -2.09. The molecule has 0 aliphatic heterocycles. The molecule has 0 aliphatic carbocycles. The number of rotatable bonds is 11. The molecule has 0 aliphatic rings. The van der Waals surface area contributed by atoms with Gasteiger partial charge in [-0.1, -0.05) is 13.8 Å². The number of amides is 1. The molecule has 0 spiro atoms. The van der Waals surface area contributed by atoms with Gasteiger partial charge in [-0.05, 0) is 74.6 Å². The van der Waals surface area contributed by atoms with Crippen LogP contribution in [0.25, 0.3) is 0 Å². The molecule has 7 nitrogen and oxygen atoms in total. The first kappa shape index (κ1) is 24.3. The Morgan fingerprint density at radius 3 is 2.55 bits per heavy atom. The minimum atomic E-state index is 0.0104. The molecule has 1 amide bonds. The van der Waals surface area contributed by atoms with E-state index in [0.29, 0.717) is 43.5 Å². The summed E-state index contributed by atoms with van der Waals surface area (Å²) in [5, 5.41) is 7.63. The molecular formula is C26H34N4O3. The Morgan fingerprint density at radius 2 is 1.85 bits per heavy atom. The predicted octanol–water partition coefficient (Wildman–Crippen LogP) is 4.99. The van der Waals surface area contributed by atoms with Gasteiger partial charge in [0.1, 0.15) is 11.5 Å². The predicted molar refractivity (Wildman–Crippen MR) is 129 cm³/mol. The van der Waals surface area contributed by atoms with Crippen LogP contribution in [0, 0.1) is 19.8 Å². The van der Waals surface area contributed by atoms with Crippen molar-refractivity contribution in [2.24, 2.45) is 5.92 Å². The third-order valence-corrected chi connectivity index (χ3v) is 5.32. The van der Waals surface area contributed by atoms with Crippen molar-refractivity contribution in [2.75, 3.05) is 6.61 Å². The topological polar surface area (TPSA) is 78.3 Å². The highest BCUT2D eigenvalue weighted by Gasteiger charge is 2.14. The fraction of sp³-hybridized carbons (Fsp3) is 0.423. The van der Waals surface area contributed by atoms with Gasteiger partial charge in [0.15, 0.2) is 0 Å². The summed E-state index contributed by atoms with van der Waals surface area (Å²) in [6.07, 6.45) is 2.79. The second-order valence-corrected chi connectivity index (χ2v) is 8.51. The average molecular weight is 451 g/mol. The second-order valence-electron chi connectivity index (χ2n) is 8.51. The lowest BCUT2D eigenvalue weighted by molar-refractivity contribution is -0.121. The average Bonchev–Trinajstić information content (AvgIpc) is 3.04. The van der Waals surface area contributed by atoms with Gasteiger partial charge in [-0.2, -0.15) is 5.10 Å². The monoisotopic (exact) mass is 450 g/mol. The van der Waals surface area contributed by atoms with E-state index in [1.807, 2.05) is 50.2 Å². The van der Waals surface area contributed by atoms with Crippen molar-refractivity contribution in [1.82, 2.24) is 20.1 Å². The largest absolute Gasteiger partial charge is 0.494 e. The van der Waals surface area contributed by atoms with Crippen molar-refractivity contribution in [3.63, 3.8) is 0 Å². The van der Waals surface area contributed by atoms with Crippen molar-refractivity contribution in [3.05, 3.63) is 65.1 Å². The molecule has 3 aromatic rings. The van der Waals surface area contributed by atoms with Crippen molar-refractivity contribution in [2.45, 2.75) is 60.5 Å². The van der Waals surface area contributed by atoms with Crippen molar-refractivity contribution in [3.8, 4) is 17.4 Å². The normalized spacial score (nSPS) is 11.0. The molecule has 0 radical (unpaired) electrons. The number of nitrogens with zero attached hydrogens (tertiary/aromatic N) is 3. The molecule has 1 aromatic carbocycles. The summed E-state index contributed by atoms with van der Waals surface area (Å²) in [6.45, 7) is 12.3. The van der Waals surface area contributed by atoms with Crippen molar-refractivity contribution < 1.29 is 14.3 Å². The highest BCUT2D eigenvalue weighted by Crippen LogP contribution is 2.23. The SMILES string of the molecule is CCOc1ccc(Oc2cc(CNC(=O)CCc3c(C)nn(CC(C)C)c3C)ccn2)cc1. The number of pyridine rings is 1. The lowest BCUT2D eigenvalue weighted by Crippen LogP contribution is -2.23. The van der Waals surface area contributed by atoms with Crippen molar-refractivity contribution >= 4 is 5.91 Å². The summed E-state index contributed by atoms with van der Waals surface area (Å²) in [7, 11) is 0. The van der Waals surface area contributed by atoms with Gasteiger partial charge < -0.3 is 14.8 Å². The third kappa shape index (κ3) is 7.07. The summed E-state index contributed by atoms with van der Waals surface area (Å²) in [5.74, 6) is 2.50. The van der Waals surface area contributed by atoms with E-state index in [2.05, 4.69) is 40.9 Å². The Morgan fingerprint density at radius 1 is 1.12 bits per heavy atom. The Bertz CT molecular complexity index is 1060. The van der Waals surface area contributed by atoms with Gasteiger partial charge in [0.25, 0.3) is 0 Å². The standard InChI is InChI=1S/C26H34N4O3/c1-6-32-22-7-9-23(10-8-22)33-26-15-21(13-14-27-26)16-28-25(31)12-11-24-19(4)29-30(20(24)5)17-18(2)3/h7-10,13-15,18H,6,11-12,16-17H2,1-5H3,(H,28,31). The Hall–Kier alpha value is -3.35. The molecular weight excluding hydrogens is 416 g/mol. The van der Waals surface area contributed by atoms with Gasteiger partial charge in [-0.3, -0.25) is 9.48 Å². The molecule has 0 unspecified atom stereocenters. The first-order valence-corrected chi connectivity index (χ1v) is 11.5. The molecule has 2 heterocycles. The molecule has 33 heavy (non-hydrogen) atoms. The zero-order valence-electron chi connectivity index (χ0n) is 20.2. The van der Waals surface area contributed by atoms with E-state index in [1.165, 1.54) is 5.56 Å². The quantitative estimate of drug-likeness (QED) is 0.445. The second kappa shape index (κ2) is 11.5. The fourth-order valence-electron chi connectivity index (χ4n) is 3.65.